The average Bonchev–Trinajstić information content (AvgIpc) is 2.12. The quantitative estimate of drug-likeness (QED) is 0.291. The maximum atomic E-state index is 4.82. The van der Waals surface area contributed by atoms with Crippen LogP contribution in [-0.2, 0) is 4.74 Å². The van der Waals surface area contributed by atoms with Gasteiger partial charge in [0.15, 0.2) is 6.10 Å². The molecule has 0 aromatic heterocycles. The Balaban J connectivity index is 2.30. The van der Waals surface area contributed by atoms with Gasteiger partial charge < -0.3 is 4.74 Å². The number of epoxide rings is 1. The van der Waals surface area contributed by atoms with E-state index in [9.17, 15) is 0 Å². The van der Waals surface area contributed by atoms with E-state index in [2.05, 4.69) is 10.7 Å². The van der Waals surface area contributed by atoms with E-state index in [0.717, 1.165) is 6.10 Å². The second-order valence-corrected chi connectivity index (χ2v) is 0.856. The van der Waals surface area contributed by atoms with E-state index in [-0.39, 0.29) is 0 Å². The molecule has 1 heterocycles. The molecule has 1 radical (unpaired) electrons. The molecule has 1 nitrogen and oxygen atoms in total. The molecule has 1 aliphatic heterocycles. The molecule has 0 amide bonds. The largest absolute Gasteiger partial charge is 0.351 e. The normalized spacial score (nSPS) is 21.4. The number of hydrogen-bond acceptors (Lipinski definition) is 1. The second kappa shape index (κ2) is 0.734. The number of ether oxygens (including phenoxy) is 1. The summed E-state index contributed by atoms with van der Waals surface area (Å²) >= 11 is 0. The van der Waals surface area contributed by atoms with Crippen molar-refractivity contribution < 1.29 is 4.74 Å². The lowest BCUT2D eigenvalue weighted by molar-refractivity contribution is 0.488. The molecule has 0 spiro atoms. The summed E-state index contributed by atoms with van der Waals surface area (Å²) in [5, 5.41) is 0. The SMILES string of the molecule is C#C[C]1CO1. The zero-order valence-electron chi connectivity index (χ0n) is 2.69. The van der Waals surface area contributed by atoms with Crippen LogP contribution in [0.3, 0.4) is 0 Å². The minimum absolute atomic E-state index is 0.691. The summed E-state index contributed by atoms with van der Waals surface area (Å²) in [4.78, 5) is 0. The van der Waals surface area contributed by atoms with Gasteiger partial charge in [0.05, 0.1) is 6.61 Å². The number of rotatable bonds is 0. The molecule has 0 aromatic rings. The van der Waals surface area contributed by atoms with Crippen molar-refractivity contribution in [2.24, 2.45) is 0 Å². The predicted octanol–water partition coefficient (Wildman–Crippen LogP) is 0.182. The molecule has 0 N–H and O–H groups in total. The van der Waals surface area contributed by atoms with Crippen LogP contribution in [0.2, 0.25) is 0 Å². The molecular weight excluding hydrogens is 64.0 g/mol. The first-order valence-electron chi connectivity index (χ1n) is 1.39. The highest BCUT2D eigenvalue weighted by Crippen LogP contribution is 2.15. The maximum Gasteiger partial charge on any atom is 0.193 e. The van der Waals surface area contributed by atoms with Gasteiger partial charge in [-0.25, -0.2) is 0 Å². The van der Waals surface area contributed by atoms with Crippen LogP contribution in [0.4, 0.5) is 0 Å². The molecule has 0 aromatic carbocycles. The summed E-state index contributed by atoms with van der Waals surface area (Å²) in [7, 11) is 0. The summed E-state index contributed by atoms with van der Waals surface area (Å²) in [5.41, 5.74) is 0. The fourth-order valence-electron chi connectivity index (χ4n) is 0.119. The molecule has 25 valence electrons. The van der Waals surface area contributed by atoms with E-state index in [1.54, 1.807) is 0 Å². The number of hydrogen-bond donors (Lipinski definition) is 0. The van der Waals surface area contributed by atoms with Gasteiger partial charge in [0, 0.05) is 0 Å². The topological polar surface area (TPSA) is 12.5 Å². The van der Waals surface area contributed by atoms with Gasteiger partial charge in [0.2, 0.25) is 0 Å². The highest BCUT2D eigenvalue weighted by atomic mass is 16.6. The van der Waals surface area contributed by atoms with Gasteiger partial charge in [0.1, 0.15) is 0 Å². The second-order valence-electron chi connectivity index (χ2n) is 0.856. The summed E-state index contributed by atoms with van der Waals surface area (Å²) in [6.07, 6.45) is 5.60. The molecule has 1 heteroatoms. The Morgan fingerprint density at radius 1 is 2.00 bits per heavy atom. The molecular formula is C4H3O. The predicted molar refractivity (Wildman–Crippen MR) is 18.0 cm³/mol. The standard InChI is InChI=1S/C4H3O/c1-2-4-3-5-4/h1H,3H2. The lowest BCUT2D eigenvalue weighted by atomic mass is 10.5. The molecule has 1 saturated heterocycles. The van der Waals surface area contributed by atoms with Crippen molar-refractivity contribution in [2.75, 3.05) is 6.61 Å². The minimum Gasteiger partial charge on any atom is -0.351 e. The van der Waals surface area contributed by atoms with Crippen molar-refractivity contribution >= 4 is 0 Å². The highest BCUT2D eigenvalue weighted by Gasteiger charge is 2.20. The van der Waals surface area contributed by atoms with Crippen LogP contribution in [0.1, 0.15) is 0 Å². The minimum atomic E-state index is 0.691. The summed E-state index contributed by atoms with van der Waals surface area (Å²) in [6, 6.07) is 0. The average molecular weight is 67.1 g/mol. The van der Waals surface area contributed by atoms with Crippen LogP contribution in [0, 0.1) is 18.4 Å². The fourth-order valence-corrected chi connectivity index (χ4v) is 0.119. The molecule has 0 saturated carbocycles. The van der Waals surface area contributed by atoms with Gasteiger partial charge in [-0.05, 0) is 0 Å². The zero-order chi connectivity index (χ0) is 3.70. The van der Waals surface area contributed by atoms with Crippen LogP contribution in [-0.4, -0.2) is 6.61 Å². The van der Waals surface area contributed by atoms with E-state index in [1.807, 2.05) is 0 Å². The Labute approximate surface area is 30.9 Å². The molecule has 0 aliphatic carbocycles. The van der Waals surface area contributed by atoms with Gasteiger partial charge in [-0.2, -0.15) is 0 Å². The van der Waals surface area contributed by atoms with Gasteiger partial charge in [-0.15, -0.1) is 6.42 Å². The molecule has 5 heavy (non-hydrogen) atoms. The van der Waals surface area contributed by atoms with E-state index in [1.165, 1.54) is 0 Å². The van der Waals surface area contributed by atoms with Gasteiger partial charge in [-0.1, -0.05) is 5.92 Å². The Bertz CT molecular complexity index is 66.2. The van der Waals surface area contributed by atoms with E-state index in [0.29, 0.717) is 6.61 Å². The first kappa shape index (κ1) is 2.74. The van der Waals surface area contributed by atoms with Crippen LogP contribution < -0.4 is 0 Å². The fraction of sp³-hybridized carbons (Fsp3) is 0.250. The lowest BCUT2D eigenvalue weighted by Gasteiger charge is -1.52. The monoisotopic (exact) mass is 67.0 g/mol. The Hall–Kier alpha value is -0.480. The molecule has 0 unspecified atom stereocenters. The third-order valence-electron chi connectivity index (χ3n) is 0.450. The Kier molecular flexibility index (Phi) is 0.402. The summed E-state index contributed by atoms with van der Waals surface area (Å²) in [5.74, 6) is 2.33. The third-order valence-corrected chi connectivity index (χ3v) is 0.450. The zero-order valence-corrected chi connectivity index (χ0v) is 2.69. The number of terminal acetylenes is 1. The van der Waals surface area contributed by atoms with Gasteiger partial charge in [0.25, 0.3) is 0 Å². The van der Waals surface area contributed by atoms with E-state index >= 15 is 0 Å². The summed E-state index contributed by atoms with van der Waals surface area (Å²) in [6.45, 7) is 0.691. The van der Waals surface area contributed by atoms with Crippen molar-refractivity contribution in [2.45, 2.75) is 0 Å². The highest BCUT2D eigenvalue weighted by molar-refractivity contribution is 5.18. The van der Waals surface area contributed by atoms with Crippen molar-refractivity contribution in [1.82, 2.24) is 0 Å². The molecule has 0 bridgehead atoms. The van der Waals surface area contributed by atoms with Crippen molar-refractivity contribution in [3.63, 3.8) is 0 Å². The van der Waals surface area contributed by atoms with Crippen molar-refractivity contribution in [3.8, 4) is 12.3 Å². The summed E-state index contributed by atoms with van der Waals surface area (Å²) < 4.78 is 4.54. The van der Waals surface area contributed by atoms with Crippen molar-refractivity contribution in [1.29, 1.82) is 0 Å². The van der Waals surface area contributed by atoms with Gasteiger partial charge >= 0.3 is 0 Å². The smallest absolute Gasteiger partial charge is 0.193 e. The van der Waals surface area contributed by atoms with E-state index < -0.39 is 0 Å². The lowest BCUT2D eigenvalue weighted by Crippen LogP contribution is -1.52. The molecule has 1 rings (SSSR count). The third kappa shape index (κ3) is 0.398. The first-order chi connectivity index (χ1) is 2.43. The van der Waals surface area contributed by atoms with Crippen LogP contribution in [0.5, 0.6) is 0 Å². The van der Waals surface area contributed by atoms with Crippen LogP contribution >= 0.6 is 0 Å². The molecule has 1 fully saturated rings. The van der Waals surface area contributed by atoms with Crippen LogP contribution in [0.25, 0.3) is 0 Å². The van der Waals surface area contributed by atoms with Crippen molar-refractivity contribution in [3.05, 3.63) is 6.10 Å². The van der Waals surface area contributed by atoms with Crippen LogP contribution in [0.15, 0.2) is 0 Å². The first-order valence-corrected chi connectivity index (χ1v) is 1.39. The maximum absolute atomic E-state index is 4.82. The molecule has 0 atom stereocenters. The Morgan fingerprint density at radius 3 is 2.60 bits per heavy atom. The molecule has 1 aliphatic rings. The Morgan fingerprint density at radius 2 is 2.60 bits per heavy atom. The van der Waals surface area contributed by atoms with Gasteiger partial charge in [-0.3, -0.25) is 0 Å². The van der Waals surface area contributed by atoms with E-state index in [4.69, 9.17) is 6.42 Å².